The Bertz CT molecular complexity index is 661. The van der Waals surface area contributed by atoms with Crippen LogP contribution in [0.5, 0.6) is 11.5 Å². The van der Waals surface area contributed by atoms with E-state index >= 15 is 0 Å². The van der Waals surface area contributed by atoms with Gasteiger partial charge in [-0.25, -0.2) is 0 Å². The first kappa shape index (κ1) is 18.8. The average molecular weight is 346 g/mol. The number of phenolic OH excluding ortho intramolecular Hbond substituents is 1. The number of morpholine rings is 1. The van der Waals surface area contributed by atoms with Crippen molar-refractivity contribution < 1.29 is 24.3 Å². The van der Waals surface area contributed by atoms with Crippen molar-refractivity contribution >= 4 is 12.0 Å². The monoisotopic (exact) mass is 346 g/mol. The maximum Gasteiger partial charge on any atom is 0.261 e. The molecule has 134 valence electrons. The summed E-state index contributed by atoms with van der Waals surface area (Å²) >= 11 is 0. The molecule has 1 saturated heterocycles. The van der Waals surface area contributed by atoms with E-state index in [0.29, 0.717) is 17.9 Å². The number of phenols is 1. The minimum absolute atomic E-state index is 0.00761. The van der Waals surface area contributed by atoms with Gasteiger partial charge in [0.1, 0.15) is 24.7 Å². The zero-order valence-corrected chi connectivity index (χ0v) is 14.4. The number of nitrogens with one attached hydrogen (secondary N) is 2. The fourth-order valence-electron chi connectivity index (χ4n) is 2.64. The number of ether oxygens (including phenoxy) is 2. The second kappa shape index (κ2) is 9.67. The highest BCUT2D eigenvalue weighted by molar-refractivity contribution is 6.01. The molecule has 3 N–H and O–H groups in total. The number of nitrogens with zero attached hydrogens (tertiary/aromatic N) is 1. The van der Waals surface area contributed by atoms with E-state index in [1.54, 1.807) is 12.1 Å². The Labute approximate surface area is 147 Å². The molecule has 1 aliphatic heterocycles. The van der Waals surface area contributed by atoms with Gasteiger partial charge in [-0.3, -0.25) is 4.79 Å². The third-order valence-corrected chi connectivity index (χ3v) is 4.07. The van der Waals surface area contributed by atoms with Gasteiger partial charge in [-0.15, -0.1) is 0 Å². The van der Waals surface area contributed by atoms with Gasteiger partial charge >= 0.3 is 0 Å². The highest BCUT2D eigenvalue weighted by Gasteiger charge is 2.14. The zero-order valence-electron chi connectivity index (χ0n) is 14.4. The van der Waals surface area contributed by atoms with Crippen LogP contribution in [0.3, 0.4) is 0 Å². The number of carbonyl (C=O) groups is 1. The molecule has 0 unspecified atom stereocenters. The van der Waals surface area contributed by atoms with Gasteiger partial charge in [-0.2, -0.15) is 5.26 Å². The molecule has 0 radical (unpaired) electrons. The number of quaternary nitrogens is 1. The van der Waals surface area contributed by atoms with Gasteiger partial charge < -0.3 is 24.8 Å². The summed E-state index contributed by atoms with van der Waals surface area (Å²) in [5, 5.41) is 21.6. The molecule has 1 aromatic carbocycles. The number of hydrogen-bond acceptors (Lipinski definition) is 5. The van der Waals surface area contributed by atoms with E-state index in [1.807, 2.05) is 6.07 Å². The first-order chi connectivity index (χ1) is 12.1. The van der Waals surface area contributed by atoms with E-state index in [2.05, 4.69) is 5.32 Å². The Morgan fingerprint density at radius 1 is 1.48 bits per heavy atom. The van der Waals surface area contributed by atoms with Crippen LogP contribution in [0.25, 0.3) is 6.08 Å². The van der Waals surface area contributed by atoms with Crippen LogP contribution in [-0.4, -0.2) is 57.5 Å². The summed E-state index contributed by atoms with van der Waals surface area (Å²) in [7, 11) is 1.44. The summed E-state index contributed by atoms with van der Waals surface area (Å²) in [5.41, 5.74) is 0.630. The fraction of sp³-hybridized carbons (Fsp3) is 0.444. The quantitative estimate of drug-likeness (QED) is 0.359. The number of hydrogen-bond donors (Lipinski definition) is 3. The summed E-state index contributed by atoms with van der Waals surface area (Å²) in [4.78, 5) is 13.6. The molecule has 25 heavy (non-hydrogen) atoms. The zero-order chi connectivity index (χ0) is 18.1. The molecule has 0 saturated carbocycles. The highest BCUT2D eigenvalue weighted by atomic mass is 16.5. The van der Waals surface area contributed by atoms with Crippen LogP contribution in [0.15, 0.2) is 23.8 Å². The number of amides is 1. The van der Waals surface area contributed by atoms with Crippen LogP contribution in [0.1, 0.15) is 12.0 Å². The predicted octanol–water partition coefficient (Wildman–Crippen LogP) is -0.271. The van der Waals surface area contributed by atoms with Crippen LogP contribution in [-0.2, 0) is 9.53 Å². The SMILES string of the molecule is COc1cc(/C=C(\C#N)C(=O)NCCC[NH+]2CCOCC2)ccc1O. The molecule has 1 amide bonds. The number of rotatable bonds is 7. The lowest BCUT2D eigenvalue weighted by Gasteiger charge is -2.23. The van der Waals surface area contributed by atoms with E-state index in [4.69, 9.17) is 9.47 Å². The molecule has 0 bridgehead atoms. The molecular weight excluding hydrogens is 322 g/mol. The largest absolute Gasteiger partial charge is 0.504 e. The minimum Gasteiger partial charge on any atom is -0.504 e. The van der Waals surface area contributed by atoms with Gasteiger partial charge in [0, 0.05) is 13.0 Å². The normalized spacial score (nSPS) is 15.4. The molecule has 2 rings (SSSR count). The van der Waals surface area contributed by atoms with Crippen LogP contribution < -0.4 is 15.0 Å². The molecule has 0 atom stereocenters. The summed E-state index contributed by atoms with van der Waals surface area (Å²) in [6.07, 6.45) is 2.33. The van der Waals surface area contributed by atoms with Crippen molar-refractivity contribution in [2.75, 3.05) is 46.5 Å². The number of methoxy groups -OCH3 is 1. The lowest BCUT2D eigenvalue weighted by Crippen LogP contribution is -3.14. The topological polar surface area (TPSA) is 96.0 Å². The smallest absolute Gasteiger partial charge is 0.261 e. The van der Waals surface area contributed by atoms with Crippen molar-refractivity contribution in [2.24, 2.45) is 0 Å². The predicted molar refractivity (Wildman–Crippen MR) is 92.3 cm³/mol. The molecule has 0 spiro atoms. The van der Waals surface area contributed by atoms with E-state index in [0.717, 1.165) is 39.3 Å². The number of carbonyl (C=O) groups excluding carboxylic acids is 1. The lowest BCUT2D eigenvalue weighted by molar-refractivity contribution is -0.908. The molecule has 1 fully saturated rings. The summed E-state index contributed by atoms with van der Waals surface area (Å²) in [6, 6.07) is 6.56. The van der Waals surface area contributed by atoms with Crippen molar-refractivity contribution in [2.45, 2.75) is 6.42 Å². The van der Waals surface area contributed by atoms with Gasteiger partial charge in [-0.1, -0.05) is 6.07 Å². The van der Waals surface area contributed by atoms with E-state index in [9.17, 15) is 15.2 Å². The van der Waals surface area contributed by atoms with E-state index in [-0.39, 0.29) is 11.3 Å². The average Bonchev–Trinajstić information content (AvgIpc) is 2.65. The third kappa shape index (κ3) is 5.78. The van der Waals surface area contributed by atoms with Crippen molar-refractivity contribution in [1.82, 2.24) is 5.32 Å². The molecule has 1 aliphatic rings. The molecule has 1 aromatic rings. The highest BCUT2D eigenvalue weighted by Crippen LogP contribution is 2.27. The third-order valence-electron chi connectivity index (χ3n) is 4.07. The van der Waals surface area contributed by atoms with Crippen LogP contribution in [0, 0.1) is 11.3 Å². The van der Waals surface area contributed by atoms with E-state index < -0.39 is 5.91 Å². The Balaban J connectivity index is 1.86. The van der Waals surface area contributed by atoms with Gasteiger partial charge in [0.15, 0.2) is 11.5 Å². The molecular formula is C18H24N3O4+. The van der Waals surface area contributed by atoms with Crippen LogP contribution >= 0.6 is 0 Å². The molecule has 0 aliphatic carbocycles. The number of benzene rings is 1. The second-order valence-electron chi connectivity index (χ2n) is 5.82. The maximum absolute atomic E-state index is 12.1. The first-order valence-corrected chi connectivity index (χ1v) is 8.32. The first-order valence-electron chi connectivity index (χ1n) is 8.32. The fourth-order valence-corrected chi connectivity index (χ4v) is 2.64. The minimum atomic E-state index is -0.397. The van der Waals surface area contributed by atoms with Crippen molar-refractivity contribution in [3.05, 3.63) is 29.3 Å². The van der Waals surface area contributed by atoms with Crippen LogP contribution in [0.4, 0.5) is 0 Å². The van der Waals surface area contributed by atoms with Crippen LogP contribution in [0.2, 0.25) is 0 Å². The Kier molecular flexibility index (Phi) is 7.26. The van der Waals surface area contributed by atoms with Crippen molar-refractivity contribution in [3.63, 3.8) is 0 Å². The van der Waals surface area contributed by atoms with Gasteiger partial charge in [0.2, 0.25) is 0 Å². The Morgan fingerprint density at radius 2 is 2.24 bits per heavy atom. The number of nitriles is 1. The molecule has 7 nitrogen and oxygen atoms in total. The number of aromatic hydroxyl groups is 1. The molecule has 7 heteroatoms. The standard InChI is InChI=1S/C18H23N3O4/c1-24-17-12-14(3-4-16(17)22)11-15(13-19)18(23)20-5-2-6-21-7-9-25-10-8-21/h3-4,11-12,22H,2,5-10H2,1H3,(H,20,23)/p+1/b15-11+. The summed E-state index contributed by atoms with van der Waals surface area (Å²) in [6.45, 7) is 5.09. The molecule has 0 aromatic heterocycles. The summed E-state index contributed by atoms with van der Waals surface area (Å²) in [5.74, 6) is -0.0975. The lowest BCUT2D eigenvalue weighted by atomic mass is 10.1. The molecule has 1 heterocycles. The van der Waals surface area contributed by atoms with Crippen molar-refractivity contribution in [1.29, 1.82) is 5.26 Å². The van der Waals surface area contributed by atoms with Gasteiger partial charge in [0.05, 0.1) is 26.9 Å². The van der Waals surface area contributed by atoms with E-state index in [1.165, 1.54) is 24.2 Å². The Morgan fingerprint density at radius 3 is 2.92 bits per heavy atom. The van der Waals surface area contributed by atoms with Gasteiger partial charge in [-0.05, 0) is 23.8 Å². The van der Waals surface area contributed by atoms with Gasteiger partial charge in [0.25, 0.3) is 5.91 Å². The maximum atomic E-state index is 12.1. The Hall–Kier alpha value is -2.56. The summed E-state index contributed by atoms with van der Waals surface area (Å²) < 4.78 is 10.3. The second-order valence-corrected chi connectivity index (χ2v) is 5.82. The van der Waals surface area contributed by atoms with Crippen molar-refractivity contribution in [3.8, 4) is 17.6 Å².